The van der Waals surface area contributed by atoms with Gasteiger partial charge in [0, 0.05) is 12.1 Å². The highest BCUT2D eigenvalue weighted by Gasteiger charge is 2.22. The molecule has 1 atom stereocenters. The molecule has 9 heteroatoms. The molecule has 2 heterocycles. The summed E-state index contributed by atoms with van der Waals surface area (Å²) >= 11 is 0. The highest BCUT2D eigenvalue weighted by Crippen LogP contribution is 2.26. The molecule has 9 nitrogen and oxygen atoms in total. The van der Waals surface area contributed by atoms with Gasteiger partial charge in [0.2, 0.25) is 5.58 Å². The van der Waals surface area contributed by atoms with Crippen LogP contribution in [0.15, 0.2) is 43.8 Å². The molecule has 0 spiro atoms. The Kier molecular flexibility index (Phi) is 2.46. The molecule has 1 aliphatic rings. The molecule has 1 unspecified atom stereocenters. The molecule has 0 radical (unpaired) electrons. The Balaban J connectivity index is 2.28. The SMILES string of the molecule is O=c1cc(C2N=NNN2)oc2c([N+](=O)[O-])cccc12. The Labute approximate surface area is 105 Å². The van der Waals surface area contributed by atoms with Gasteiger partial charge in [-0.2, -0.15) is 5.43 Å². The van der Waals surface area contributed by atoms with Crippen LogP contribution < -0.4 is 16.4 Å². The summed E-state index contributed by atoms with van der Waals surface area (Å²) < 4.78 is 5.42. The molecule has 2 aromatic rings. The third-order valence-corrected chi connectivity index (χ3v) is 2.64. The van der Waals surface area contributed by atoms with Crippen molar-refractivity contribution in [1.82, 2.24) is 11.0 Å². The molecule has 0 saturated heterocycles. The van der Waals surface area contributed by atoms with Crippen molar-refractivity contribution in [2.75, 3.05) is 0 Å². The van der Waals surface area contributed by atoms with E-state index in [1.165, 1.54) is 24.3 Å². The lowest BCUT2D eigenvalue weighted by Gasteiger charge is -2.06. The summed E-state index contributed by atoms with van der Waals surface area (Å²) in [4.78, 5) is 22.3. The molecule has 0 aliphatic carbocycles. The van der Waals surface area contributed by atoms with Gasteiger partial charge in [-0.15, -0.1) is 5.11 Å². The molecule has 0 saturated carbocycles. The number of hydrogen-bond acceptors (Lipinski definition) is 8. The maximum Gasteiger partial charge on any atom is 0.312 e. The lowest BCUT2D eigenvalue weighted by atomic mass is 10.2. The second-order valence-electron chi connectivity index (χ2n) is 3.80. The van der Waals surface area contributed by atoms with Crippen molar-refractivity contribution >= 4 is 16.7 Å². The zero-order valence-corrected chi connectivity index (χ0v) is 9.36. The van der Waals surface area contributed by atoms with Gasteiger partial charge in [-0.3, -0.25) is 14.9 Å². The standard InChI is InChI=1S/C10H7N5O4/c16-7-4-8(10-11-13-14-12-10)19-9-5(7)2-1-3-6(9)15(17)18/h1-4,10H,(H,11,14)(H,12,13). The van der Waals surface area contributed by atoms with Crippen LogP contribution in [0.3, 0.4) is 0 Å². The predicted molar refractivity (Wildman–Crippen MR) is 63.0 cm³/mol. The van der Waals surface area contributed by atoms with Crippen molar-refractivity contribution in [3.05, 3.63) is 50.4 Å². The molecule has 1 aromatic heterocycles. The average molecular weight is 261 g/mol. The topological polar surface area (TPSA) is 122 Å². The summed E-state index contributed by atoms with van der Waals surface area (Å²) in [5.74, 6) is 0.153. The van der Waals surface area contributed by atoms with Gasteiger partial charge in [-0.25, -0.2) is 5.53 Å². The lowest BCUT2D eigenvalue weighted by molar-refractivity contribution is -0.383. The predicted octanol–water partition coefficient (Wildman–Crippen LogP) is 1.17. The first-order chi connectivity index (χ1) is 9.16. The first-order valence-electron chi connectivity index (χ1n) is 5.28. The van der Waals surface area contributed by atoms with Crippen LogP contribution in [-0.2, 0) is 0 Å². The molecule has 2 N–H and O–H groups in total. The van der Waals surface area contributed by atoms with E-state index in [2.05, 4.69) is 21.3 Å². The zero-order valence-electron chi connectivity index (χ0n) is 9.36. The van der Waals surface area contributed by atoms with Crippen molar-refractivity contribution in [3.8, 4) is 0 Å². The lowest BCUT2D eigenvalue weighted by Crippen LogP contribution is -2.24. The van der Waals surface area contributed by atoms with E-state index in [0.29, 0.717) is 0 Å². The van der Waals surface area contributed by atoms with Crippen LogP contribution >= 0.6 is 0 Å². The third-order valence-electron chi connectivity index (χ3n) is 2.64. The van der Waals surface area contributed by atoms with Crippen LogP contribution in [0.1, 0.15) is 11.9 Å². The average Bonchev–Trinajstić information content (AvgIpc) is 2.91. The fraction of sp³-hybridized carbons (Fsp3) is 0.100. The number of nitrogens with one attached hydrogen (secondary N) is 2. The number of nitro groups is 1. The number of benzene rings is 1. The van der Waals surface area contributed by atoms with E-state index in [9.17, 15) is 14.9 Å². The summed E-state index contributed by atoms with van der Waals surface area (Å²) in [6.45, 7) is 0. The van der Waals surface area contributed by atoms with E-state index >= 15 is 0 Å². The summed E-state index contributed by atoms with van der Waals surface area (Å²) in [6.07, 6.45) is -0.683. The summed E-state index contributed by atoms with van der Waals surface area (Å²) in [5.41, 5.74) is 4.31. The summed E-state index contributed by atoms with van der Waals surface area (Å²) in [6, 6.07) is 5.42. The van der Waals surface area contributed by atoms with Gasteiger partial charge in [-0.05, 0) is 6.07 Å². The Morgan fingerprint density at radius 2 is 2.26 bits per heavy atom. The number of non-ortho nitro benzene ring substituents is 1. The normalized spacial score (nSPS) is 17.6. The van der Waals surface area contributed by atoms with Gasteiger partial charge in [0.15, 0.2) is 17.4 Å². The van der Waals surface area contributed by atoms with E-state index in [4.69, 9.17) is 4.42 Å². The quantitative estimate of drug-likeness (QED) is 0.618. The van der Waals surface area contributed by atoms with Crippen LogP contribution in [0, 0.1) is 10.1 Å². The van der Waals surface area contributed by atoms with Crippen LogP contribution in [0.4, 0.5) is 5.69 Å². The molecule has 3 rings (SSSR count). The fourth-order valence-electron chi connectivity index (χ4n) is 1.79. The molecule has 96 valence electrons. The molecule has 1 aromatic carbocycles. The molecule has 0 fully saturated rings. The van der Waals surface area contributed by atoms with Crippen LogP contribution in [0.2, 0.25) is 0 Å². The smallest absolute Gasteiger partial charge is 0.312 e. The molecular weight excluding hydrogens is 254 g/mol. The van der Waals surface area contributed by atoms with E-state index in [1.807, 2.05) is 0 Å². The largest absolute Gasteiger partial charge is 0.450 e. The number of rotatable bonds is 2. The fourth-order valence-corrected chi connectivity index (χ4v) is 1.79. The number of hydrogen-bond donors (Lipinski definition) is 2. The molecule has 1 aliphatic heterocycles. The maximum atomic E-state index is 11.9. The molecular formula is C10H7N5O4. The van der Waals surface area contributed by atoms with E-state index in [-0.39, 0.29) is 27.8 Å². The van der Waals surface area contributed by atoms with E-state index in [1.54, 1.807) is 0 Å². The molecule has 0 bridgehead atoms. The van der Waals surface area contributed by atoms with Crippen molar-refractivity contribution < 1.29 is 9.34 Å². The van der Waals surface area contributed by atoms with E-state index in [0.717, 1.165) is 0 Å². The van der Waals surface area contributed by atoms with Crippen molar-refractivity contribution in [1.29, 1.82) is 0 Å². The van der Waals surface area contributed by atoms with Gasteiger partial charge >= 0.3 is 5.69 Å². The van der Waals surface area contributed by atoms with Crippen molar-refractivity contribution in [3.63, 3.8) is 0 Å². The Bertz CT molecular complexity index is 753. The van der Waals surface area contributed by atoms with Gasteiger partial charge in [0.25, 0.3) is 0 Å². The highest BCUT2D eigenvalue weighted by atomic mass is 16.6. The minimum absolute atomic E-state index is 0.0705. The summed E-state index contributed by atoms with van der Waals surface area (Å²) in [7, 11) is 0. The first kappa shape index (κ1) is 11.3. The number of fused-ring (bicyclic) bond motifs is 1. The Morgan fingerprint density at radius 3 is 2.95 bits per heavy atom. The monoisotopic (exact) mass is 261 g/mol. The van der Waals surface area contributed by atoms with Gasteiger partial charge in [-0.1, -0.05) is 11.3 Å². The Hall–Kier alpha value is -2.81. The minimum atomic E-state index is -0.683. The second kappa shape index (κ2) is 4.14. The number of hydrazine groups is 1. The van der Waals surface area contributed by atoms with Crippen molar-refractivity contribution in [2.24, 2.45) is 10.3 Å². The van der Waals surface area contributed by atoms with Crippen LogP contribution in [-0.4, -0.2) is 4.92 Å². The zero-order chi connectivity index (χ0) is 13.4. The number of nitro benzene ring substituents is 1. The summed E-state index contributed by atoms with van der Waals surface area (Å²) in [5, 5.41) is 18.3. The maximum absolute atomic E-state index is 11.9. The van der Waals surface area contributed by atoms with Crippen LogP contribution in [0.25, 0.3) is 11.0 Å². The third kappa shape index (κ3) is 1.81. The number of para-hydroxylation sites is 1. The van der Waals surface area contributed by atoms with Crippen LogP contribution in [0.5, 0.6) is 0 Å². The number of nitrogens with zero attached hydrogens (tertiary/aromatic N) is 3. The molecule has 19 heavy (non-hydrogen) atoms. The first-order valence-corrected chi connectivity index (χ1v) is 5.28. The van der Waals surface area contributed by atoms with E-state index < -0.39 is 11.1 Å². The van der Waals surface area contributed by atoms with Gasteiger partial charge < -0.3 is 4.42 Å². The molecule has 0 amide bonds. The second-order valence-corrected chi connectivity index (χ2v) is 3.80. The van der Waals surface area contributed by atoms with Gasteiger partial charge in [0.1, 0.15) is 0 Å². The van der Waals surface area contributed by atoms with Gasteiger partial charge in [0.05, 0.1) is 10.3 Å². The minimum Gasteiger partial charge on any atom is -0.450 e. The Morgan fingerprint density at radius 1 is 1.42 bits per heavy atom. The van der Waals surface area contributed by atoms with Crippen molar-refractivity contribution in [2.45, 2.75) is 6.17 Å². The highest BCUT2D eigenvalue weighted by molar-refractivity contribution is 5.84.